The SMILES string of the molecule is CC(C)(C)OC(=O)N1CCC[C@H]1c1ncc(-c2ccc(-c3ccc4nc([C@@H]5CCCN5C(=O)OC(C)(C)C)[nH]c4c3)cc2)[nH]1.S.S. The van der Waals surface area contributed by atoms with E-state index in [1.807, 2.05) is 53.8 Å². The van der Waals surface area contributed by atoms with Crippen molar-refractivity contribution in [2.75, 3.05) is 13.1 Å². The average Bonchev–Trinajstić information content (AvgIpc) is 3.76. The standard InChI is InChI=1S/C34H42N6O4.2H2S/c1-33(2,3)43-31(41)39-17-7-9-27(39)29-35-20-26(38-29)22-13-11-21(12-14-22)23-15-16-24-25(19-23)37-30(36-24)28-10-8-18-40(28)32(42)44-34(4,5)6;;/h11-16,19-20,27-28H,7-10,17-18H2,1-6H3,(H,35,38)(H,36,37);2*1H2/t27-,28-;;/m0../s1. The number of carbonyl (C=O) groups is 2. The highest BCUT2D eigenvalue weighted by Crippen LogP contribution is 2.35. The number of amides is 2. The molecule has 2 amide bonds. The van der Waals surface area contributed by atoms with Gasteiger partial charge in [-0.15, -0.1) is 0 Å². The van der Waals surface area contributed by atoms with Crippen LogP contribution in [0.3, 0.4) is 0 Å². The van der Waals surface area contributed by atoms with Crippen molar-refractivity contribution in [3.05, 3.63) is 60.3 Å². The molecule has 2 saturated heterocycles. The van der Waals surface area contributed by atoms with Crippen molar-refractivity contribution < 1.29 is 19.1 Å². The summed E-state index contributed by atoms with van der Waals surface area (Å²) in [7, 11) is 0. The van der Waals surface area contributed by atoms with Crippen molar-refractivity contribution in [1.82, 2.24) is 29.7 Å². The molecular formula is C34H46N6O4S2. The maximum Gasteiger partial charge on any atom is 0.410 e. The van der Waals surface area contributed by atoms with Gasteiger partial charge in [-0.2, -0.15) is 27.0 Å². The molecule has 2 atom stereocenters. The summed E-state index contributed by atoms with van der Waals surface area (Å²) in [5, 5.41) is 0. The molecule has 0 spiro atoms. The molecule has 0 unspecified atom stereocenters. The van der Waals surface area contributed by atoms with E-state index in [0.29, 0.717) is 13.1 Å². The van der Waals surface area contributed by atoms with Crippen LogP contribution >= 0.6 is 27.0 Å². The average molecular weight is 667 g/mol. The lowest BCUT2D eigenvalue weighted by atomic mass is 10.0. The first-order chi connectivity index (χ1) is 20.8. The van der Waals surface area contributed by atoms with E-state index in [9.17, 15) is 9.59 Å². The number of ether oxygens (including phenoxy) is 2. The van der Waals surface area contributed by atoms with Crippen LogP contribution in [-0.2, 0) is 9.47 Å². The quantitative estimate of drug-likeness (QED) is 0.228. The number of rotatable bonds is 4. The Morgan fingerprint density at radius 2 is 1.26 bits per heavy atom. The first-order valence-electron chi connectivity index (χ1n) is 15.5. The lowest BCUT2D eigenvalue weighted by Crippen LogP contribution is -2.36. The first kappa shape index (κ1) is 35.2. The summed E-state index contributed by atoms with van der Waals surface area (Å²) in [5.74, 6) is 1.57. The Balaban J connectivity index is 0.00000240. The van der Waals surface area contributed by atoms with Crippen LogP contribution in [0.1, 0.15) is 91.0 Å². The largest absolute Gasteiger partial charge is 0.444 e. The number of H-pyrrole nitrogens is 2. The van der Waals surface area contributed by atoms with Crippen molar-refractivity contribution in [1.29, 1.82) is 0 Å². The summed E-state index contributed by atoms with van der Waals surface area (Å²) in [6.45, 7) is 12.6. The van der Waals surface area contributed by atoms with Crippen LogP contribution in [0, 0.1) is 0 Å². The summed E-state index contributed by atoms with van der Waals surface area (Å²) in [4.78, 5) is 45.5. The lowest BCUT2D eigenvalue weighted by Gasteiger charge is -2.27. The number of aromatic amines is 2. The highest BCUT2D eigenvalue weighted by molar-refractivity contribution is 7.59. The number of nitrogens with one attached hydrogen (secondary N) is 2. The molecule has 46 heavy (non-hydrogen) atoms. The van der Waals surface area contributed by atoms with Crippen molar-refractivity contribution in [3.8, 4) is 22.4 Å². The maximum absolute atomic E-state index is 12.8. The molecule has 2 N–H and O–H groups in total. The Kier molecular flexibility index (Phi) is 10.4. The van der Waals surface area contributed by atoms with Gasteiger partial charge in [0.25, 0.3) is 0 Å². The maximum atomic E-state index is 12.8. The van der Waals surface area contributed by atoms with Crippen molar-refractivity contribution in [2.24, 2.45) is 0 Å². The van der Waals surface area contributed by atoms with Gasteiger partial charge in [0.1, 0.15) is 22.9 Å². The Morgan fingerprint density at radius 3 is 1.83 bits per heavy atom. The van der Waals surface area contributed by atoms with Gasteiger partial charge in [0.15, 0.2) is 0 Å². The van der Waals surface area contributed by atoms with Gasteiger partial charge in [-0.3, -0.25) is 9.80 Å². The smallest absolute Gasteiger partial charge is 0.410 e. The van der Waals surface area contributed by atoms with Gasteiger partial charge in [0.05, 0.1) is 35.0 Å². The second-order valence-electron chi connectivity index (χ2n) is 13.8. The molecule has 4 aromatic rings. The third-order valence-corrected chi connectivity index (χ3v) is 8.02. The summed E-state index contributed by atoms with van der Waals surface area (Å²) < 4.78 is 11.3. The highest BCUT2D eigenvalue weighted by atomic mass is 32.1. The van der Waals surface area contributed by atoms with Gasteiger partial charge in [0.2, 0.25) is 0 Å². The van der Waals surface area contributed by atoms with Crippen molar-refractivity contribution in [3.63, 3.8) is 0 Å². The van der Waals surface area contributed by atoms with E-state index in [4.69, 9.17) is 14.5 Å². The van der Waals surface area contributed by atoms with Crippen molar-refractivity contribution in [2.45, 2.75) is 90.5 Å². The van der Waals surface area contributed by atoms with Gasteiger partial charge in [-0.25, -0.2) is 19.6 Å². The number of fused-ring (bicyclic) bond motifs is 1. The van der Waals surface area contributed by atoms with Crippen LogP contribution in [0.5, 0.6) is 0 Å². The second-order valence-corrected chi connectivity index (χ2v) is 13.8. The van der Waals surface area contributed by atoms with Crippen LogP contribution in [0.4, 0.5) is 9.59 Å². The number of hydrogen-bond donors (Lipinski definition) is 2. The molecule has 248 valence electrons. The van der Waals surface area contributed by atoms with E-state index < -0.39 is 11.2 Å². The molecule has 2 aromatic heterocycles. The van der Waals surface area contributed by atoms with Crippen LogP contribution < -0.4 is 0 Å². The zero-order chi connectivity index (χ0) is 31.2. The predicted octanol–water partition coefficient (Wildman–Crippen LogP) is 7.99. The monoisotopic (exact) mass is 666 g/mol. The molecule has 2 aliphatic heterocycles. The van der Waals surface area contributed by atoms with E-state index in [-0.39, 0.29) is 51.3 Å². The molecule has 0 radical (unpaired) electrons. The molecule has 0 bridgehead atoms. The van der Waals surface area contributed by atoms with Gasteiger partial charge in [-0.1, -0.05) is 30.3 Å². The number of nitrogens with zero attached hydrogens (tertiary/aromatic N) is 4. The van der Waals surface area contributed by atoms with E-state index in [2.05, 4.69) is 51.4 Å². The molecule has 4 heterocycles. The number of benzene rings is 2. The van der Waals surface area contributed by atoms with E-state index in [1.165, 1.54) is 0 Å². The van der Waals surface area contributed by atoms with Crippen LogP contribution in [0.25, 0.3) is 33.4 Å². The van der Waals surface area contributed by atoms with Gasteiger partial charge in [-0.05, 0) is 96.0 Å². The van der Waals surface area contributed by atoms with E-state index >= 15 is 0 Å². The number of hydrogen-bond acceptors (Lipinski definition) is 6. The van der Waals surface area contributed by atoms with Crippen LogP contribution in [0.2, 0.25) is 0 Å². The summed E-state index contributed by atoms with van der Waals surface area (Å²) in [6.07, 6.45) is 4.77. The molecule has 2 fully saturated rings. The summed E-state index contributed by atoms with van der Waals surface area (Å²) in [6, 6.07) is 14.3. The predicted molar refractivity (Wildman–Crippen MR) is 190 cm³/mol. The minimum atomic E-state index is -0.541. The molecule has 6 rings (SSSR count). The topological polar surface area (TPSA) is 116 Å². The van der Waals surface area contributed by atoms with Crippen LogP contribution in [-0.4, -0.2) is 66.2 Å². The normalized spacial score (nSPS) is 18.3. The van der Waals surface area contributed by atoms with E-state index in [0.717, 1.165) is 70.7 Å². The summed E-state index contributed by atoms with van der Waals surface area (Å²) >= 11 is 0. The Bertz CT molecular complexity index is 1670. The fraction of sp³-hybridized carbons (Fsp3) is 0.471. The lowest BCUT2D eigenvalue weighted by molar-refractivity contribution is 0.0208. The zero-order valence-corrected chi connectivity index (χ0v) is 29.4. The third kappa shape index (κ3) is 7.66. The first-order valence-corrected chi connectivity index (χ1v) is 15.5. The third-order valence-electron chi connectivity index (χ3n) is 8.02. The number of aromatic nitrogens is 4. The molecule has 2 aliphatic rings. The fourth-order valence-corrected chi connectivity index (χ4v) is 6.04. The summed E-state index contributed by atoms with van der Waals surface area (Å²) in [5.41, 5.74) is 4.79. The minimum absolute atomic E-state index is 0. The number of carbonyl (C=O) groups excluding carboxylic acids is 2. The molecule has 12 heteroatoms. The Morgan fingerprint density at radius 1 is 0.739 bits per heavy atom. The van der Waals surface area contributed by atoms with Crippen molar-refractivity contribution >= 4 is 50.2 Å². The van der Waals surface area contributed by atoms with Gasteiger partial charge >= 0.3 is 12.2 Å². The Hall–Kier alpha value is -3.64. The van der Waals surface area contributed by atoms with Crippen LogP contribution in [0.15, 0.2) is 48.7 Å². The zero-order valence-electron chi connectivity index (χ0n) is 27.4. The van der Waals surface area contributed by atoms with Gasteiger partial charge in [0, 0.05) is 13.1 Å². The van der Waals surface area contributed by atoms with Gasteiger partial charge < -0.3 is 19.4 Å². The molecule has 2 aromatic carbocycles. The van der Waals surface area contributed by atoms with E-state index in [1.54, 1.807) is 9.80 Å². The molecule has 10 nitrogen and oxygen atoms in total. The second kappa shape index (κ2) is 13.6. The number of imidazole rings is 2. The Labute approximate surface area is 284 Å². The number of likely N-dealkylation sites (tertiary alicyclic amines) is 2. The molecule has 0 saturated carbocycles. The minimum Gasteiger partial charge on any atom is -0.444 e. The fourth-order valence-electron chi connectivity index (χ4n) is 6.04. The highest BCUT2D eigenvalue weighted by Gasteiger charge is 2.36. The molecule has 0 aliphatic carbocycles. The molecular weight excluding hydrogens is 621 g/mol.